The normalized spacial score (nSPS) is 18.1. The molecule has 1 spiro atoms. The van der Waals surface area contributed by atoms with Crippen LogP contribution in [0.15, 0.2) is 51.3 Å². The molecule has 10 heteroatoms. The van der Waals surface area contributed by atoms with Crippen LogP contribution < -0.4 is 4.90 Å². The Kier molecular flexibility index (Phi) is 9.04. The molecule has 0 saturated carbocycles. The fourth-order valence-corrected chi connectivity index (χ4v) is 7.65. The van der Waals surface area contributed by atoms with E-state index in [0.717, 1.165) is 56.1 Å². The zero-order valence-electron chi connectivity index (χ0n) is 20.5. The van der Waals surface area contributed by atoms with Gasteiger partial charge in [0.1, 0.15) is 10.7 Å². The fraction of sp³-hybridized carbons (Fsp3) is 0.560. The Labute approximate surface area is 222 Å². The summed E-state index contributed by atoms with van der Waals surface area (Å²) in [6.07, 6.45) is 8.64. The number of anilines is 1. The lowest BCUT2D eigenvalue weighted by molar-refractivity contribution is -0.0532. The van der Waals surface area contributed by atoms with Crippen molar-refractivity contribution >= 4 is 43.1 Å². The number of nitrogens with zero attached hydrogens (tertiary/aromatic N) is 4. The summed E-state index contributed by atoms with van der Waals surface area (Å²) in [5.74, 6) is 0.790. The highest BCUT2D eigenvalue weighted by Crippen LogP contribution is 2.36. The number of rotatable bonds is 10. The van der Waals surface area contributed by atoms with E-state index in [4.69, 9.17) is 4.74 Å². The van der Waals surface area contributed by atoms with Crippen LogP contribution in [0.2, 0.25) is 0 Å². The Bertz CT molecular complexity index is 1100. The Morgan fingerprint density at radius 2 is 1.97 bits per heavy atom. The summed E-state index contributed by atoms with van der Waals surface area (Å²) in [6, 6.07) is 5.65. The molecular formula is C25H35BrN4O3S2. The van der Waals surface area contributed by atoms with E-state index in [1.54, 1.807) is 21.7 Å². The largest absolute Gasteiger partial charge is 0.370 e. The van der Waals surface area contributed by atoms with Crippen molar-refractivity contribution < 1.29 is 13.2 Å². The molecule has 1 saturated heterocycles. The average molecular weight is 584 g/mol. The Morgan fingerprint density at radius 1 is 1.20 bits per heavy atom. The topological polar surface area (TPSA) is 66.0 Å². The molecule has 0 atom stereocenters. The van der Waals surface area contributed by atoms with E-state index in [9.17, 15) is 8.42 Å². The van der Waals surface area contributed by atoms with Gasteiger partial charge in [0, 0.05) is 43.8 Å². The second kappa shape index (κ2) is 11.8. The minimum atomic E-state index is -3.71. The lowest BCUT2D eigenvalue weighted by atomic mass is 9.86. The van der Waals surface area contributed by atoms with Gasteiger partial charge in [-0.05, 0) is 65.8 Å². The van der Waals surface area contributed by atoms with Crippen molar-refractivity contribution in [2.45, 2.75) is 50.2 Å². The van der Waals surface area contributed by atoms with Crippen LogP contribution in [0, 0.1) is 0 Å². The van der Waals surface area contributed by atoms with Gasteiger partial charge in [-0.3, -0.25) is 0 Å². The maximum absolute atomic E-state index is 13.7. The van der Waals surface area contributed by atoms with Crippen LogP contribution in [0.5, 0.6) is 0 Å². The third-order valence-electron chi connectivity index (χ3n) is 7.02. The van der Waals surface area contributed by atoms with Crippen molar-refractivity contribution in [2.24, 2.45) is 0 Å². The molecule has 35 heavy (non-hydrogen) atoms. The van der Waals surface area contributed by atoms with E-state index >= 15 is 0 Å². The molecular weight excluding hydrogens is 548 g/mol. The van der Waals surface area contributed by atoms with Gasteiger partial charge < -0.3 is 14.5 Å². The standard InChI is InChI=1S/C25H35BrN4O3S2/c1-3-28(4-2)14-15-30(20-21-8-7-17-34-21)35(31,32)22-18-23(26)24(27-19-22)29-12-10-25(11-13-29)9-5-6-16-33-25/h5-8,17-19H,3-4,9-16,20H2,1-2H3. The van der Waals surface area contributed by atoms with Crippen LogP contribution in [-0.4, -0.2) is 74.1 Å². The van der Waals surface area contributed by atoms with Gasteiger partial charge in [-0.2, -0.15) is 4.31 Å². The summed E-state index contributed by atoms with van der Waals surface area (Å²) in [5, 5.41) is 1.98. The lowest BCUT2D eigenvalue weighted by Crippen LogP contribution is -2.47. The molecule has 0 aliphatic carbocycles. The third kappa shape index (κ3) is 6.34. The maximum atomic E-state index is 13.7. The highest BCUT2D eigenvalue weighted by molar-refractivity contribution is 9.10. The van der Waals surface area contributed by atoms with Crippen LogP contribution in [0.25, 0.3) is 0 Å². The first kappa shape index (κ1) is 26.8. The van der Waals surface area contributed by atoms with E-state index in [0.29, 0.717) is 30.7 Å². The van der Waals surface area contributed by atoms with E-state index < -0.39 is 10.0 Å². The van der Waals surface area contributed by atoms with Gasteiger partial charge in [0.15, 0.2) is 0 Å². The SMILES string of the molecule is CCN(CC)CCN(Cc1cccs1)S(=O)(=O)c1cnc(N2CCC3(CC=CCO3)CC2)c(Br)c1. The van der Waals surface area contributed by atoms with Crippen molar-refractivity contribution in [2.75, 3.05) is 50.8 Å². The van der Waals surface area contributed by atoms with Crippen molar-refractivity contribution in [1.29, 1.82) is 0 Å². The molecule has 0 amide bonds. The van der Waals surface area contributed by atoms with Gasteiger partial charge in [-0.25, -0.2) is 13.4 Å². The molecule has 0 bridgehead atoms. The number of ether oxygens (including phenoxy) is 1. The molecule has 7 nitrogen and oxygen atoms in total. The molecule has 2 aliphatic heterocycles. The number of pyridine rings is 1. The quantitative estimate of drug-likeness (QED) is 0.376. The summed E-state index contributed by atoms with van der Waals surface area (Å²) in [7, 11) is -3.71. The predicted octanol–water partition coefficient (Wildman–Crippen LogP) is 4.75. The van der Waals surface area contributed by atoms with E-state index in [1.165, 1.54) is 6.20 Å². The van der Waals surface area contributed by atoms with Crippen molar-refractivity contribution in [3.63, 3.8) is 0 Å². The van der Waals surface area contributed by atoms with Gasteiger partial charge in [-0.1, -0.05) is 32.1 Å². The highest BCUT2D eigenvalue weighted by Gasteiger charge is 2.36. The van der Waals surface area contributed by atoms with Crippen LogP contribution in [0.1, 0.15) is 38.0 Å². The second-order valence-electron chi connectivity index (χ2n) is 9.08. The molecule has 192 valence electrons. The molecule has 0 radical (unpaired) electrons. The van der Waals surface area contributed by atoms with Gasteiger partial charge in [-0.15, -0.1) is 11.3 Å². The number of hydrogen-bond donors (Lipinski definition) is 0. The third-order valence-corrected chi connectivity index (χ3v) is 10.3. The number of hydrogen-bond acceptors (Lipinski definition) is 7. The van der Waals surface area contributed by atoms with Gasteiger partial charge in [0.05, 0.1) is 16.7 Å². The molecule has 1 fully saturated rings. The van der Waals surface area contributed by atoms with Gasteiger partial charge in [0.25, 0.3) is 0 Å². The molecule has 4 rings (SSSR count). The summed E-state index contributed by atoms with van der Waals surface area (Å²) in [6.45, 7) is 9.82. The molecule has 0 aromatic carbocycles. The second-order valence-corrected chi connectivity index (χ2v) is 12.9. The first-order valence-corrected chi connectivity index (χ1v) is 15.4. The molecule has 2 aromatic rings. The summed E-state index contributed by atoms with van der Waals surface area (Å²) >= 11 is 5.20. The van der Waals surface area contributed by atoms with E-state index in [1.807, 2.05) is 17.5 Å². The average Bonchev–Trinajstić information content (AvgIpc) is 3.38. The summed E-state index contributed by atoms with van der Waals surface area (Å²) in [4.78, 5) is 10.3. The van der Waals surface area contributed by atoms with Crippen molar-refractivity contribution in [3.05, 3.63) is 51.3 Å². The van der Waals surface area contributed by atoms with Crippen molar-refractivity contribution in [1.82, 2.24) is 14.2 Å². The molecule has 0 unspecified atom stereocenters. The molecule has 0 N–H and O–H groups in total. The zero-order valence-corrected chi connectivity index (χ0v) is 23.7. The number of thiophene rings is 1. The van der Waals surface area contributed by atoms with Crippen molar-refractivity contribution in [3.8, 4) is 0 Å². The van der Waals surface area contributed by atoms with Gasteiger partial charge in [0.2, 0.25) is 10.0 Å². The Hall–Kier alpha value is -1.30. The molecule has 2 aromatic heterocycles. The minimum Gasteiger partial charge on any atom is -0.370 e. The number of sulfonamides is 1. The Morgan fingerprint density at radius 3 is 2.57 bits per heavy atom. The van der Waals surface area contributed by atoms with Crippen LogP contribution in [0.3, 0.4) is 0 Å². The highest BCUT2D eigenvalue weighted by atomic mass is 79.9. The zero-order chi connectivity index (χ0) is 24.9. The summed E-state index contributed by atoms with van der Waals surface area (Å²) in [5.41, 5.74) is -0.0613. The van der Waals surface area contributed by atoms with Gasteiger partial charge >= 0.3 is 0 Å². The smallest absolute Gasteiger partial charge is 0.245 e. The van der Waals surface area contributed by atoms with Crippen LogP contribution in [-0.2, 0) is 21.3 Å². The monoisotopic (exact) mass is 582 g/mol. The number of halogens is 1. The summed E-state index contributed by atoms with van der Waals surface area (Å²) < 4.78 is 35.8. The minimum absolute atomic E-state index is 0.0613. The predicted molar refractivity (Wildman–Crippen MR) is 146 cm³/mol. The number of aromatic nitrogens is 1. The molecule has 4 heterocycles. The van der Waals surface area contributed by atoms with Crippen LogP contribution in [0.4, 0.5) is 5.82 Å². The van der Waals surface area contributed by atoms with E-state index in [-0.39, 0.29) is 10.5 Å². The van der Waals surface area contributed by atoms with E-state index in [2.05, 4.69) is 56.7 Å². The maximum Gasteiger partial charge on any atom is 0.245 e. The van der Waals surface area contributed by atoms with Crippen LogP contribution >= 0.6 is 27.3 Å². The first-order chi connectivity index (χ1) is 16.9. The Balaban J connectivity index is 1.50. The number of likely N-dealkylation sites (N-methyl/N-ethyl adjacent to an activating group) is 1. The fourth-order valence-electron chi connectivity index (χ4n) is 4.71. The molecule has 2 aliphatic rings. The number of piperidine rings is 1. The lowest BCUT2D eigenvalue weighted by Gasteiger charge is -2.43. The first-order valence-electron chi connectivity index (χ1n) is 12.3.